The number of hydrogen-bond acceptors (Lipinski definition) is 6. The molecule has 150 valence electrons. The lowest BCUT2D eigenvalue weighted by molar-refractivity contribution is -0.113. The highest BCUT2D eigenvalue weighted by molar-refractivity contribution is 8.00. The van der Waals surface area contributed by atoms with Gasteiger partial charge in [-0.15, -0.1) is 11.8 Å². The second-order valence-corrected chi connectivity index (χ2v) is 10.2. The van der Waals surface area contributed by atoms with E-state index in [2.05, 4.69) is 10.3 Å². The summed E-state index contributed by atoms with van der Waals surface area (Å²) in [5.41, 5.74) is 0.749. The largest absolute Gasteiger partial charge is 0.325 e. The Morgan fingerprint density at radius 3 is 2.43 bits per heavy atom. The van der Waals surface area contributed by atoms with Gasteiger partial charge in [0.15, 0.2) is 0 Å². The van der Waals surface area contributed by atoms with Gasteiger partial charge in [-0.3, -0.25) is 4.79 Å². The van der Waals surface area contributed by atoms with Gasteiger partial charge in [0.25, 0.3) is 0 Å². The van der Waals surface area contributed by atoms with Gasteiger partial charge in [-0.05, 0) is 55.5 Å². The maximum atomic E-state index is 12.6. The van der Waals surface area contributed by atoms with Crippen LogP contribution in [0.1, 0.15) is 19.3 Å². The van der Waals surface area contributed by atoms with Gasteiger partial charge in [-0.25, -0.2) is 13.4 Å². The van der Waals surface area contributed by atoms with Crippen molar-refractivity contribution < 1.29 is 13.2 Å². The lowest BCUT2D eigenvalue weighted by Crippen LogP contribution is -2.35. The Bertz CT molecular complexity index is 894. The number of carbonyl (C=O) groups is 1. The van der Waals surface area contributed by atoms with E-state index in [1.165, 1.54) is 22.3 Å². The van der Waals surface area contributed by atoms with Crippen molar-refractivity contribution in [1.82, 2.24) is 9.29 Å². The first-order chi connectivity index (χ1) is 13.5. The predicted molar refractivity (Wildman–Crippen MR) is 114 cm³/mol. The number of nitrogens with one attached hydrogen (secondary N) is 1. The predicted octanol–water partition coefficient (Wildman–Crippen LogP) is 3.71. The summed E-state index contributed by atoms with van der Waals surface area (Å²) in [6.45, 7) is 1.13. The molecule has 0 aliphatic carbocycles. The molecule has 1 aliphatic rings. The van der Waals surface area contributed by atoms with Crippen molar-refractivity contribution in [3.63, 3.8) is 0 Å². The quantitative estimate of drug-likeness (QED) is 0.665. The Hall–Kier alpha value is -1.55. The maximum Gasteiger partial charge on any atom is 0.244 e. The molecule has 0 saturated carbocycles. The van der Waals surface area contributed by atoms with Crippen LogP contribution in [0.4, 0.5) is 5.69 Å². The molecule has 2 heterocycles. The third-order valence-corrected chi connectivity index (χ3v) is 7.96. The van der Waals surface area contributed by atoms with Gasteiger partial charge in [0.05, 0.1) is 10.8 Å². The van der Waals surface area contributed by atoms with E-state index in [0.717, 1.165) is 29.8 Å². The smallest absolute Gasteiger partial charge is 0.244 e. The minimum Gasteiger partial charge on any atom is -0.325 e. The van der Waals surface area contributed by atoms with Crippen LogP contribution in [0, 0.1) is 0 Å². The molecule has 2 aromatic rings. The van der Waals surface area contributed by atoms with Crippen LogP contribution in [0.3, 0.4) is 0 Å². The van der Waals surface area contributed by atoms with Crippen LogP contribution in [0.5, 0.6) is 0 Å². The summed E-state index contributed by atoms with van der Waals surface area (Å²) < 4.78 is 26.8. The number of hydrogen-bond donors (Lipinski definition) is 1. The van der Waals surface area contributed by atoms with Crippen LogP contribution < -0.4 is 5.32 Å². The number of piperidine rings is 1. The molecule has 1 N–H and O–H groups in total. The zero-order valence-electron chi connectivity index (χ0n) is 15.6. The molecule has 0 radical (unpaired) electrons. The van der Waals surface area contributed by atoms with Crippen LogP contribution >= 0.6 is 23.5 Å². The number of nitrogens with zero attached hydrogens (tertiary/aromatic N) is 2. The maximum absolute atomic E-state index is 12.6. The number of sulfonamides is 1. The summed E-state index contributed by atoms with van der Waals surface area (Å²) in [6.07, 6.45) is 6.25. The van der Waals surface area contributed by atoms with Crippen molar-refractivity contribution >= 4 is 45.1 Å². The van der Waals surface area contributed by atoms with Gasteiger partial charge in [-0.1, -0.05) is 18.2 Å². The zero-order chi connectivity index (χ0) is 20.0. The van der Waals surface area contributed by atoms with Crippen molar-refractivity contribution in [2.45, 2.75) is 34.1 Å². The van der Waals surface area contributed by atoms with Crippen LogP contribution in [-0.4, -0.2) is 48.7 Å². The van der Waals surface area contributed by atoms with Crippen molar-refractivity contribution in [3.05, 3.63) is 42.6 Å². The fourth-order valence-corrected chi connectivity index (χ4v) is 5.38. The molecule has 1 fully saturated rings. The van der Waals surface area contributed by atoms with E-state index in [4.69, 9.17) is 0 Å². The first-order valence-corrected chi connectivity index (χ1v) is 12.7. The molecule has 1 aromatic heterocycles. The van der Waals surface area contributed by atoms with Crippen molar-refractivity contribution in [3.8, 4) is 0 Å². The average Bonchev–Trinajstić information content (AvgIpc) is 2.74. The third-order valence-electron chi connectivity index (χ3n) is 4.39. The molecule has 1 saturated heterocycles. The van der Waals surface area contributed by atoms with Gasteiger partial charge in [-0.2, -0.15) is 4.31 Å². The molecule has 1 aliphatic heterocycles. The first-order valence-electron chi connectivity index (χ1n) is 9.02. The molecular formula is C19H23N3O3S3. The molecule has 0 spiro atoms. The SMILES string of the molecule is CSc1ccc(NC(=O)CSc2ccc(S(=O)(=O)N3CCCCC3)cn2)cc1. The second-order valence-electron chi connectivity index (χ2n) is 6.36. The Kier molecular flexibility index (Phi) is 7.39. The van der Waals surface area contributed by atoms with Gasteiger partial charge >= 0.3 is 0 Å². The molecule has 6 nitrogen and oxygen atoms in total. The van der Waals surface area contributed by atoms with Gasteiger partial charge in [0, 0.05) is 29.9 Å². The van der Waals surface area contributed by atoms with Gasteiger partial charge in [0.1, 0.15) is 4.90 Å². The van der Waals surface area contributed by atoms with Crippen LogP contribution in [0.15, 0.2) is 57.4 Å². The monoisotopic (exact) mass is 437 g/mol. The number of rotatable bonds is 7. The van der Waals surface area contributed by atoms with Gasteiger partial charge < -0.3 is 5.32 Å². The molecular weight excluding hydrogens is 414 g/mol. The topological polar surface area (TPSA) is 79.4 Å². The highest BCUT2D eigenvalue weighted by atomic mass is 32.2. The number of thioether (sulfide) groups is 2. The minimum absolute atomic E-state index is 0.131. The fraction of sp³-hybridized carbons (Fsp3) is 0.368. The Labute approximate surface area is 174 Å². The highest BCUT2D eigenvalue weighted by Gasteiger charge is 2.26. The van der Waals surface area contributed by atoms with Crippen molar-refractivity contribution in [2.24, 2.45) is 0 Å². The molecule has 1 aromatic carbocycles. The Morgan fingerprint density at radius 2 is 1.82 bits per heavy atom. The van der Waals surface area contributed by atoms with Crippen molar-refractivity contribution in [1.29, 1.82) is 0 Å². The average molecular weight is 438 g/mol. The molecule has 28 heavy (non-hydrogen) atoms. The molecule has 1 amide bonds. The Morgan fingerprint density at radius 1 is 1.11 bits per heavy atom. The summed E-state index contributed by atoms with van der Waals surface area (Å²) in [4.78, 5) is 17.7. The summed E-state index contributed by atoms with van der Waals surface area (Å²) in [6, 6.07) is 10.9. The molecule has 3 rings (SSSR count). The number of amides is 1. The minimum atomic E-state index is -3.48. The summed E-state index contributed by atoms with van der Waals surface area (Å²) in [5.74, 6) is 0.0731. The second kappa shape index (κ2) is 9.78. The lowest BCUT2D eigenvalue weighted by Gasteiger charge is -2.25. The summed E-state index contributed by atoms with van der Waals surface area (Å²) in [5, 5.41) is 3.46. The van der Waals surface area contributed by atoms with E-state index in [-0.39, 0.29) is 16.6 Å². The van der Waals surface area contributed by atoms with E-state index >= 15 is 0 Å². The van der Waals surface area contributed by atoms with Crippen LogP contribution in [0.2, 0.25) is 0 Å². The van der Waals surface area contributed by atoms with E-state index in [9.17, 15) is 13.2 Å². The Balaban J connectivity index is 1.54. The summed E-state index contributed by atoms with van der Waals surface area (Å²) in [7, 11) is -3.48. The number of aromatic nitrogens is 1. The van der Waals surface area contributed by atoms with E-state index in [1.807, 2.05) is 30.5 Å². The molecule has 0 bridgehead atoms. The number of benzene rings is 1. The van der Waals surface area contributed by atoms with Gasteiger partial charge in [0.2, 0.25) is 15.9 Å². The number of pyridine rings is 1. The third kappa shape index (κ3) is 5.50. The first kappa shape index (κ1) is 21.2. The van der Waals surface area contributed by atoms with Crippen LogP contribution in [-0.2, 0) is 14.8 Å². The molecule has 0 unspecified atom stereocenters. The zero-order valence-corrected chi connectivity index (χ0v) is 18.1. The highest BCUT2D eigenvalue weighted by Crippen LogP contribution is 2.23. The van der Waals surface area contributed by atoms with Crippen molar-refractivity contribution in [2.75, 3.05) is 30.4 Å². The fourth-order valence-electron chi connectivity index (χ4n) is 2.87. The van der Waals surface area contributed by atoms with E-state index in [1.54, 1.807) is 23.9 Å². The standard InChI is InChI=1S/C19H23N3O3S3/c1-26-16-7-5-15(6-8-16)21-18(23)14-27-19-10-9-17(13-20-19)28(24,25)22-11-3-2-4-12-22/h5-10,13H,2-4,11-12,14H2,1H3,(H,21,23). The number of carbonyl (C=O) groups excluding carboxylic acids is 1. The lowest BCUT2D eigenvalue weighted by atomic mass is 10.2. The van der Waals surface area contributed by atoms with Crippen LogP contribution in [0.25, 0.3) is 0 Å². The number of anilines is 1. The van der Waals surface area contributed by atoms with E-state index < -0.39 is 10.0 Å². The normalized spacial score (nSPS) is 15.3. The molecule has 0 atom stereocenters. The van der Waals surface area contributed by atoms with E-state index in [0.29, 0.717) is 18.1 Å². The summed E-state index contributed by atoms with van der Waals surface area (Å²) >= 11 is 2.92. The molecule has 9 heteroatoms.